The fraction of sp³-hybridized carbons (Fsp3) is 0.312. The second-order valence-corrected chi connectivity index (χ2v) is 4.51. The maximum atomic E-state index is 5.19. The van der Waals surface area contributed by atoms with E-state index in [-0.39, 0.29) is 6.04 Å². The van der Waals surface area contributed by atoms with E-state index in [1.165, 1.54) is 5.56 Å². The van der Waals surface area contributed by atoms with Crippen LogP contribution in [0.15, 0.2) is 42.6 Å². The highest BCUT2D eigenvalue weighted by Gasteiger charge is 2.10. The molecule has 0 radical (unpaired) electrons. The Morgan fingerprint density at radius 2 is 1.95 bits per heavy atom. The number of benzene rings is 1. The van der Waals surface area contributed by atoms with Gasteiger partial charge in [-0.1, -0.05) is 19.1 Å². The summed E-state index contributed by atoms with van der Waals surface area (Å²) in [5.41, 5.74) is 3.37. The maximum absolute atomic E-state index is 5.19. The second-order valence-electron chi connectivity index (χ2n) is 4.51. The van der Waals surface area contributed by atoms with Crippen molar-refractivity contribution >= 4 is 5.69 Å². The molecule has 0 amide bonds. The topological polar surface area (TPSA) is 34.2 Å². The summed E-state index contributed by atoms with van der Waals surface area (Å²) in [5.74, 6) is 0.885. The molecule has 3 heteroatoms. The number of aromatic nitrogens is 1. The first-order valence-corrected chi connectivity index (χ1v) is 6.56. The smallest absolute Gasteiger partial charge is 0.118 e. The lowest BCUT2D eigenvalue weighted by Crippen LogP contribution is -2.10. The molecule has 1 heterocycles. The average molecular weight is 256 g/mol. The van der Waals surface area contributed by atoms with Crippen LogP contribution < -0.4 is 10.1 Å². The van der Waals surface area contributed by atoms with Crippen LogP contribution in [0, 0.1) is 6.92 Å². The molecule has 0 bridgehead atoms. The lowest BCUT2D eigenvalue weighted by molar-refractivity contribution is 0.414. The van der Waals surface area contributed by atoms with Crippen molar-refractivity contribution in [3.63, 3.8) is 0 Å². The summed E-state index contributed by atoms with van der Waals surface area (Å²) < 4.78 is 5.19. The van der Waals surface area contributed by atoms with Crippen LogP contribution in [-0.4, -0.2) is 12.1 Å². The Labute approximate surface area is 114 Å². The molecule has 19 heavy (non-hydrogen) atoms. The third-order valence-electron chi connectivity index (χ3n) is 3.26. The van der Waals surface area contributed by atoms with Crippen LogP contribution in [0.2, 0.25) is 0 Å². The number of hydrogen-bond donors (Lipinski definition) is 1. The van der Waals surface area contributed by atoms with E-state index in [1.807, 2.05) is 31.3 Å². The lowest BCUT2D eigenvalue weighted by Gasteiger charge is -2.20. The van der Waals surface area contributed by atoms with Crippen LogP contribution in [-0.2, 0) is 0 Å². The first-order valence-electron chi connectivity index (χ1n) is 6.56. The zero-order valence-electron chi connectivity index (χ0n) is 11.7. The van der Waals surface area contributed by atoms with Crippen LogP contribution in [0.4, 0.5) is 5.69 Å². The summed E-state index contributed by atoms with van der Waals surface area (Å²) in [7, 11) is 1.68. The number of anilines is 1. The van der Waals surface area contributed by atoms with Crippen LogP contribution in [0.3, 0.4) is 0 Å². The highest BCUT2D eigenvalue weighted by Crippen LogP contribution is 2.25. The quantitative estimate of drug-likeness (QED) is 0.879. The Kier molecular flexibility index (Phi) is 4.39. The molecule has 2 aromatic rings. The molecule has 100 valence electrons. The Bertz CT molecular complexity index is 523. The van der Waals surface area contributed by atoms with Gasteiger partial charge in [-0.25, -0.2) is 0 Å². The van der Waals surface area contributed by atoms with Crippen molar-refractivity contribution in [2.24, 2.45) is 0 Å². The number of rotatable bonds is 5. The molecular formula is C16H20N2O. The fourth-order valence-corrected chi connectivity index (χ4v) is 2.08. The highest BCUT2D eigenvalue weighted by atomic mass is 16.5. The van der Waals surface area contributed by atoms with Gasteiger partial charge < -0.3 is 10.1 Å². The summed E-state index contributed by atoms with van der Waals surface area (Å²) in [5, 5.41) is 3.55. The molecule has 0 aliphatic heterocycles. The minimum absolute atomic E-state index is 0.286. The van der Waals surface area contributed by atoms with E-state index in [2.05, 4.69) is 35.4 Å². The molecule has 0 fully saturated rings. The molecule has 0 spiro atoms. The number of nitrogens with one attached hydrogen (secondary N) is 1. The van der Waals surface area contributed by atoms with Crippen LogP contribution >= 0.6 is 0 Å². The summed E-state index contributed by atoms with van der Waals surface area (Å²) in [4.78, 5) is 4.31. The first kappa shape index (κ1) is 13.4. The molecule has 0 saturated carbocycles. The van der Waals surface area contributed by atoms with E-state index in [0.717, 1.165) is 23.6 Å². The summed E-state index contributed by atoms with van der Waals surface area (Å²) >= 11 is 0. The van der Waals surface area contributed by atoms with Crippen molar-refractivity contribution in [1.82, 2.24) is 4.98 Å². The normalized spacial score (nSPS) is 11.9. The second kappa shape index (κ2) is 6.23. The predicted octanol–water partition coefficient (Wildman–Crippen LogP) is 3.96. The van der Waals surface area contributed by atoms with Gasteiger partial charge in [-0.2, -0.15) is 0 Å². The van der Waals surface area contributed by atoms with Gasteiger partial charge in [0.15, 0.2) is 0 Å². The van der Waals surface area contributed by atoms with Gasteiger partial charge in [0.2, 0.25) is 0 Å². The number of aryl methyl sites for hydroxylation is 1. The Hall–Kier alpha value is -2.03. The van der Waals surface area contributed by atoms with Gasteiger partial charge in [-0.05, 0) is 43.2 Å². The lowest BCUT2D eigenvalue weighted by atomic mass is 10.0. The fourth-order valence-electron chi connectivity index (χ4n) is 2.08. The summed E-state index contributed by atoms with van der Waals surface area (Å²) in [6.45, 7) is 4.19. The molecule has 1 N–H and O–H groups in total. The third kappa shape index (κ3) is 3.25. The Morgan fingerprint density at radius 1 is 1.21 bits per heavy atom. The molecule has 0 aliphatic rings. The zero-order chi connectivity index (χ0) is 13.7. The van der Waals surface area contributed by atoms with Crippen LogP contribution in [0.1, 0.15) is 30.6 Å². The molecule has 1 unspecified atom stereocenters. The van der Waals surface area contributed by atoms with E-state index in [4.69, 9.17) is 4.74 Å². The van der Waals surface area contributed by atoms with Gasteiger partial charge >= 0.3 is 0 Å². The third-order valence-corrected chi connectivity index (χ3v) is 3.26. The number of ether oxygens (including phenoxy) is 1. The van der Waals surface area contributed by atoms with Gasteiger partial charge in [0, 0.05) is 6.20 Å². The van der Waals surface area contributed by atoms with Crippen LogP contribution in [0.5, 0.6) is 5.75 Å². The number of methoxy groups -OCH3 is 1. The summed E-state index contributed by atoms with van der Waals surface area (Å²) in [6.07, 6.45) is 2.83. The van der Waals surface area contributed by atoms with Crippen molar-refractivity contribution in [1.29, 1.82) is 0 Å². The van der Waals surface area contributed by atoms with Gasteiger partial charge in [-0.15, -0.1) is 0 Å². The van der Waals surface area contributed by atoms with Gasteiger partial charge in [0.1, 0.15) is 5.75 Å². The Morgan fingerprint density at radius 3 is 2.53 bits per heavy atom. The van der Waals surface area contributed by atoms with Crippen molar-refractivity contribution in [3.8, 4) is 5.75 Å². The average Bonchev–Trinajstić information content (AvgIpc) is 2.47. The van der Waals surface area contributed by atoms with E-state index in [1.54, 1.807) is 7.11 Å². The van der Waals surface area contributed by atoms with Crippen molar-refractivity contribution in [3.05, 3.63) is 53.9 Å². The van der Waals surface area contributed by atoms with Gasteiger partial charge in [0.25, 0.3) is 0 Å². The van der Waals surface area contributed by atoms with E-state index < -0.39 is 0 Å². The molecule has 0 saturated heterocycles. The summed E-state index contributed by atoms with van der Waals surface area (Å²) in [6, 6.07) is 12.5. The van der Waals surface area contributed by atoms with Crippen LogP contribution in [0.25, 0.3) is 0 Å². The molecule has 2 rings (SSSR count). The van der Waals surface area contributed by atoms with E-state index >= 15 is 0 Å². The van der Waals surface area contributed by atoms with Crippen molar-refractivity contribution in [2.75, 3.05) is 12.4 Å². The van der Waals surface area contributed by atoms with Crippen molar-refractivity contribution in [2.45, 2.75) is 26.3 Å². The zero-order valence-corrected chi connectivity index (χ0v) is 11.7. The number of pyridine rings is 1. The molecule has 3 nitrogen and oxygen atoms in total. The molecule has 1 atom stereocenters. The molecule has 1 aromatic carbocycles. The predicted molar refractivity (Wildman–Crippen MR) is 78.6 cm³/mol. The van der Waals surface area contributed by atoms with Crippen molar-refractivity contribution < 1.29 is 4.74 Å². The standard InChI is InChI=1S/C16H20N2O/c1-4-15(13-7-9-14(19-3)10-8-13)18-16-6-5-11-17-12(16)2/h5-11,15,18H,4H2,1-3H3. The van der Waals surface area contributed by atoms with E-state index in [9.17, 15) is 0 Å². The minimum atomic E-state index is 0.286. The van der Waals surface area contributed by atoms with Gasteiger partial charge in [-0.3, -0.25) is 4.98 Å². The highest BCUT2D eigenvalue weighted by molar-refractivity contribution is 5.49. The van der Waals surface area contributed by atoms with E-state index in [0.29, 0.717) is 0 Å². The Balaban J connectivity index is 2.17. The monoisotopic (exact) mass is 256 g/mol. The maximum Gasteiger partial charge on any atom is 0.118 e. The van der Waals surface area contributed by atoms with Gasteiger partial charge in [0.05, 0.1) is 24.5 Å². The molecular weight excluding hydrogens is 236 g/mol. The first-order chi connectivity index (χ1) is 9.24. The molecule has 0 aliphatic carbocycles. The SMILES string of the molecule is CCC(Nc1cccnc1C)c1ccc(OC)cc1. The molecule has 1 aromatic heterocycles. The minimum Gasteiger partial charge on any atom is -0.497 e. The number of nitrogens with zero attached hydrogens (tertiary/aromatic N) is 1. The number of hydrogen-bond acceptors (Lipinski definition) is 3. The largest absolute Gasteiger partial charge is 0.497 e.